The first kappa shape index (κ1) is 26.1. The van der Waals surface area contributed by atoms with Crippen molar-refractivity contribution < 1.29 is 48.1 Å². The van der Waals surface area contributed by atoms with Crippen molar-refractivity contribution >= 4 is 37.8 Å². The summed E-state index contributed by atoms with van der Waals surface area (Å²) < 4.78 is 38.4. The lowest BCUT2D eigenvalue weighted by molar-refractivity contribution is 0.0694. The summed E-state index contributed by atoms with van der Waals surface area (Å²) in [5.74, 6) is -2.23. The topological polar surface area (TPSA) is 207 Å². The third-order valence-electron chi connectivity index (χ3n) is 4.95. The van der Waals surface area contributed by atoms with Gasteiger partial charge < -0.3 is 39.7 Å². The SMILES string of the molecule is Cn1cc(C(=O)O)c(=O)c2cc(F)c(NCCCCCC(O)(P(=O)(O)O)P(=O)(O)O)cc21. The van der Waals surface area contributed by atoms with Gasteiger partial charge in [-0.2, -0.15) is 0 Å². The number of fused-ring (bicyclic) bond motifs is 1. The van der Waals surface area contributed by atoms with E-state index in [9.17, 15) is 28.2 Å². The van der Waals surface area contributed by atoms with Gasteiger partial charge in [0.2, 0.25) is 5.43 Å². The molecule has 0 fully saturated rings. The fraction of sp³-hybridized carbons (Fsp3) is 0.412. The molecule has 1 aromatic heterocycles. The number of aromatic nitrogens is 1. The van der Waals surface area contributed by atoms with E-state index >= 15 is 0 Å². The van der Waals surface area contributed by atoms with Crippen LogP contribution in [-0.2, 0) is 16.2 Å². The van der Waals surface area contributed by atoms with E-state index in [1.165, 1.54) is 17.7 Å². The molecule has 2 aromatic rings. The number of nitrogens with one attached hydrogen (secondary N) is 1. The minimum absolute atomic E-state index is 0.0255. The predicted octanol–water partition coefficient (Wildman–Crippen LogP) is 1.35. The van der Waals surface area contributed by atoms with Crippen molar-refractivity contribution in [2.24, 2.45) is 7.05 Å². The molecule has 0 saturated heterocycles. The average molecular weight is 496 g/mol. The zero-order valence-corrected chi connectivity index (χ0v) is 18.6. The number of carboxylic acids is 1. The highest BCUT2D eigenvalue weighted by molar-refractivity contribution is 7.72. The maximum atomic E-state index is 14.4. The number of halogens is 1. The molecule has 1 heterocycles. The van der Waals surface area contributed by atoms with Gasteiger partial charge in [0.15, 0.2) is 0 Å². The first-order valence-corrected chi connectivity index (χ1v) is 12.5. The number of aryl methyl sites for hydroxylation is 1. The Morgan fingerprint density at radius 2 is 1.72 bits per heavy atom. The molecule has 1 aromatic carbocycles. The third kappa shape index (κ3) is 5.26. The number of nitrogens with zero attached hydrogens (tertiary/aromatic N) is 1. The smallest absolute Gasteiger partial charge is 0.369 e. The molecular formula is C17H23FN2O10P2. The number of carbonyl (C=O) groups is 1. The number of benzene rings is 1. The Kier molecular flexibility index (Phi) is 7.68. The lowest BCUT2D eigenvalue weighted by atomic mass is 10.1. The zero-order valence-electron chi connectivity index (χ0n) is 16.8. The maximum Gasteiger partial charge on any atom is 0.369 e. The van der Waals surface area contributed by atoms with Crippen LogP contribution in [0.1, 0.15) is 36.0 Å². The number of aromatic carboxylic acids is 1. The lowest BCUT2D eigenvalue weighted by Crippen LogP contribution is -2.28. The Morgan fingerprint density at radius 3 is 2.25 bits per heavy atom. The summed E-state index contributed by atoms with van der Waals surface area (Å²) >= 11 is 0. The van der Waals surface area contributed by atoms with Crippen LogP contribution in [0.15, 0.2) is 23.1 Å². The summed E-state index contributed by atoms with van der Waals surface area (Å²) in [5.41, 5.74) is -1.00. The number of hydrogen-bond donors (Lipinski definition) is 7. The van der Waals surface area contributed by atoms with Crippen LogP contribution in [-0.4, -0.2) is 52.0 Å². The first-order chi connectivity index (χ1) is 14.6. The number of unbranched alkanes of at least 4 members (excludes halogenated alkanes) is 2. The number of pyridine rings is 1. The Labute approximate surface area is 180 Å². The number of hydrogen-bond acceptors (Lipinski definition) is 6. The van der Waals surface area contributed by atoms with Crippen LogP contribution >= 0.6 is 15.2 Å². The van der Waals surface area contributed by atoms with Gasteiger partial charge in [0, 0.05) is 25.2 Å². The van der Waals surface area contributed by atoms with Gasteiger partial charge in [-0.3, -0.25) is 13.9 Å². The van der Waals surface area contributed by atoms with E-state index in [0.29, 0.717) is 6.42 Å². The molecule has 0 amide bonds. The monoisotopic (exact) mass is 496 g/mol. The fourth-order valence-corrected chi connectivity index (χ4v) is 5.39. The van der Waals surface area contributed by atoms with Crippen LogP contribution in [0.2, 0.25) is 0 Å². The van der Waals surface area contributed by atoms with E-state index in [2.05, 4.69) is 5.32 Å². The molecule has 7 N–H and O–H groups in total. The lowest BCUT2D eigenvalue weighted by Gasteiger charge is -2.29. The van der Waals surface area contributed by atoms with Gasteiger partial charge in [0.05, 0.1) is 11.2 Å². The highest BCUT2D eigenvalue weighted by Gasteiger charge is 2.58. The van der Waals surface area contributed by atoms with E-state index in [1.807, 2.05) is 0 Å². The van der Waals surface area contributed by atoms with Gasteiger partial charge >= 0.3 is 21.2 Å². The van der Waals surface area contributed by atoms with Crippen molar-refractivity contribution in [3.63, 3.8) is 0 Å². The molecule has 0 aliphatic heterocycles. The number of rotatable bonds is 10. The van der Waals surface area contributed by atoms with Crippen LogP contribution in [0, 0.1) is 5.82 Å². The highest BCUT2D eigenvalue weighted by Crippen LogP contribution is 2.69. The second-order valence-electron chi connectivity index (χ2n) is 7.24. The second-order valence-corrected chi connectivity index (χ2v) is 11.2. The van der Waals surface area contributed by atoms with Crippen LogP contribution < -0.4 is 10.7 Å². The minimum Gasteiger partial charge on any atom is -0.477 e. The molecule has 178 valence electrons. The molecule has 0 atom stereocenters. The van der Waals surface area contributed by atoms with Gasteiger partial charge in [-0.05, 0) is 31.4 Å². The van der Waals surface area contributed by atoms with Gasteiger partial charge in [0.25, 0.3) is 5.08 Å². The molecule has 0 aliphatic rings. The number of aliphatic hydroxyl groups is 1. The predicted molar refractivity (Wildman–Crippen MR) is 112 cm³/mol. The summed E-state index contributed by atoms with van der Waals surface area (Å²) in [6.07, 6.45) is 0.663. The molecule has 12 nitrogen and oxygen atoms in total. The second kappa shape index (κ2) is 9.40. The van der Waals surface area contributed by atoms with Gasteiger partial charge in [0.1, 0.15) is 11.4 Å². The Bertz CT molecular complexity index is 1160. The van der Waals surface area contributed by atoms with Crippen LogP contribution in [0.25, 0.3) is 10.9 Å². The van der Waals surface area contributed by atoms with Crippen molar-refractivity contribution in [1.29, 1.82) is 0 Å². The van der Waals surface area contributed by atoms with Crippen LogP contribution in [0.5, 0.6) is 0 Å². The highest BCUT2D eigenvalue weighted by atomic mass is 31.2. The van der Waals surface area contributed by atoms with E-state index < -0.39 is 49.5 Å². The van der Waals surface area contributed by atoms with E-state index in [1.54, 1.807) is 0 Å². The average Bonchev–Trinajstić information content (AvgIpc) is 2.65. The van der Waals surface area contributed by atoms with Crippen LogP contribution in [0.4, 0.5) is 10.1 Å². The standard InChI is InChI=1S/C17H23FN2O10P2/c1-20-9-11(16(22)23)15(21)10-7-12(18)13(8-14(10)20)19-6-4-2-3-5-17(24,31(25,26)27)32(28,29)30/h7-9,19,24H,2-6H2,1H3,(H,22,23)(H2,25,26,27)(H2,28,29,30). The summed E-state index contributed by atoms with van der Waals surface area (Å²) in [6, 6.07) is 2.25. The summed E-state index contributed by atoms with van der Waals surface area (Å²) in [5, 5.41) is 18.1. The Balaban J connectivity index is 2.05. The summed E-state index contributed by atoms with van der Waals surface area (Å²) in [6.45, 7) is 0.161. The minimum atomic E-state index is -5.50. The quantitative estimate of drug-likeness (QED) is 0.185. The van der Waals surface area contributed by atoms with Crippen molar-refractivity contribution in [3.8, 4) is 0 Å². The van der Waals surface area contributed by atoms with E-state index in [4.69, 9.17) is 24.7 Å². The van der Waals surface area contributed by atoms with Gasteiger partial charge in [-0.15, -0.1) is 0 Å². The van der Waals surface area contributed by atoms with Gasteiger partial charge in [-0.25, -0.2) is 9.18 Å². The van der Waals surface area contributed by atoms with Crippen molar-refractivity contribution in [1.82, 2.24) is 4.57 Å². The zero-order chi connectivity index (χ0) is 24.5. The molecular weight excluding hydrogens is 473 g/mol. The van der Waals surface area contributed by atoms with E-state index in [-0.39, 0.29) is 36.0 Å². The fourth-order valence-electron chi connectivity index (χ4n) is 3.14. The molecule has 32 heavy (non-hydrogen) atoms. The summed E-state index contributed by atoms with van der Waals surface area (Å²) in [7, 11) is -9.50. The molecule has 0 bridgehead atoms. The van der Waals surface area contributed by atoms with Crippen molar-refractivity contribution in [2.75, 3.05) is 11.9 Å². The summed E-state index contributed by atoms with van der Waals surface area (Å²) in [4.78, 5) is 59.7. The van der Waals surface area contributed by atoms with E-state index in [0.717, 1.165) is 12.3 Å². The molecule has 15 heteroatoms. The van der Waals surface area contributed by atoms with Crippen molar-refractivity contribution in [2.45, 2.75) is 30.8 Å². The third-order valence-corrected chi connectivity index (χ3v) is 8.82. The molecule has 2 rings (SSSR count). The number of anilines is 1. The Morgan fingerprint density at radius 1 is 1.12 bits per heavy atom. The normalized spacial score (nSPS) is 12.8. The van der Waals surface area contributed by atoms with Crippen LogP contribution in [0.3, 0.4) is 0 Å². The van der Waals surface area contributed by atoms with Gasteiger partial charge in [-0.1, -0.05) is 6.42 Å². The maximum absolute atomic E-state index is 14.4. The molecule has 0 aliphatic carbocycles. The first-order valence-electron chi connectivity index (χ1n) is 9.24. The molecule has 0 radical (unpaired) electrons. The molecule has 0 unspecified atom stereocenters. The Hall–Kier alpha value is -2.11. The molecule has 0 spiro atoms. The number of carboxylic acid groups (broad SMARTS) is 1. The largest absolute Gasteiger partial charge is 0.477 e. The van der Waals surface area contributed by atoms with Crippen molar-refractivity contribution in [3.05, 3.63) is 39.9 Å². The molecule has 0 saturated carbocycles.